The molecule has 0 amide bonds. The van der Waals surface area contributed by atoms with Crippen molar-refractivity contribution in [1.29, 1.82) is 0 Å². The van der Waals surface area contributed by atoms with E-state index in [-0.39, 0.29) is 16.2 Å². The lowest BCUT2D eigenvalue weighted by Crippen LogP contribution is -2.16. The summed E-state index contributed by atoms with van der Waals surface area (Å²) in [7, 11) is 0. The Hall–Kier alpha value is -11.8. The first-order valence-corrected chi connectivity index (χ1v) is 37.7. The summed E-state index contributed by atoms with van der Waals surface area (Å²) >= 11 is 0. The van der Waals surface area contributed by atoms with Crippen LogP contribution in [0.4, 0.5) is 0 Å². The van der Waals surface area contributed by atoms with Crippen molar-refractivity contribution in [2.45, 2.75) is 113 Å². The summed E-state index contributed by atoms with van der Waals surface area (Å²) in [6.45, 7) is 31.0. The van der Waals surface area contributed by atoms with E-state index < -0.39 is 0 Å². The highest BCUT2D eigenvalue weighted by Gasteiger charge is 2.37. The van der Waals surface area contributed by atoms with Gasteiger partial charge in [-0.1, -0.05) is 409 Å². The van der Waals surface area contributed by atoms with E-state index in [1.54, 1.807) is 0 Å². The van der Waals surface area contributed by atoms with E-state index in [2.05, 4.69) is 417 Å². The Kier molecular flexibility index (Phi) is 23.5. The molecule has 1 aromatic heterocycles. The quantitative estimate of drug-likeness (QED) is 0.168. The Bertz CT molecular complexity index is 5590. The molecule has 0 fully saturated rings. The summed E-state index contributed by atoms with van der Waals surface area (Å²) in [4.78, 5) is 4.24. The third-order valence-corrected chi connectivity index (χ3v) is 21.3. The summed E-state index contributed by atoms with van der Waals surface area (Å²) in [5, 5.41) is 6.57. The zero-order valence-corrected chi connectivity index (χ0v) is 65.0. The predicted molar refractivity (Wildman–Crippen MR) is 463 cm³/mol. The Morgan fingerprint density at radius 3 is 1.25 bits per heavy atom. The number of para-hydroxylation sites is 1. The van der Waals surface area contributed by atoms with Crippen LogP contribution in [-0.2, 0) is 16.2 Å². The Morgan fingerprint density at radius 2 is 0.607 bits per heavy atom. The third kappa shape index (κ3) is 17.3. The standard InChI is InChI=1S/3C16H16.2C13H12.2C11H10.C10H9N/c1-11-7-6-9-13-12-8-4-5-10-14(12)16(2,3)15(11)13;1-11-8-9-15-13(10-11)12-6-4-5-7-14(12)16(15,2)3;1-11-8-9-13-12-6-4-5-7-14(12)16(2,3)15(13)10-11;1-11-6-5-9-13(10-11)12-7-3-2-4-8-12;1-11-7-9-13(10-8-11)12-5-3-2-4-6-12;1-9-5-4-7-10-6-2-3-8-11(9)10;1-9-6-7-10-4-2-3-5-11(10)8-9;1-8-6-7-11-10-5-3-2-4-9(8)10/h3*4-10H,1-3H3;2*2-10H,1H3;2*2-8H,1H3;2-7H,1H3. The number of aryl methyl sites for hydroxylation is 8. The lowest BCUT2D eigenvalue weighted by atomic mass is 9.80. The first-order chi connectivity index (χ1) is 51.7. The van der Waals surface area contributed by atoms with Crippen LogP contribution in [0, 0.1) is 55.4 Å². The molecule has 0 radical (unpaired) electrons. The van der Waals surface area contributed by atoms with Gasteiger partial charge in [0.05, 0.1) is 5.52 Å². The zero-order chi connectivity index (χ0) is 75.2. The molecule has 107 heavy (non-hydrogen) atoms. The molecule has 1 heterocycles. The molecule has 0 bridgehead atoms. The molecule has 3 aliphatic rings. The van der Waals surface area contributed by atoms with Gasteiger partial charge in [-0.25, -0.2) is 0 Å². The van der Waals surface area contributed by atoms with E-state index in [0.717, 1.165) is 5.52 Å². The van der Waals surface area contributed by atoms with Crippen molar-refractivity contribution in [2.24, 2.45) is 0 Å². The van der Waals surface area contributed by atoms with Crippen LogP contribution in [0.25, 0.3) is 88.1 Å². The van der Waals surface area contributed by atoms with Crippen LogP contribution in [-0.4, -0.2) is 4.98 Å². The van der Waals surface area contributed by atoms with Gasteiger partial charge >= 0.3 is 0 Å². The highest BCUT2D eigenvalue weighted by Crippen LogP contribution is 2.51. The van der Waals surface area contributed by atoms with E-state index in [0.29, 0.717) is 0 Å². The molecule has 15 aromatic carbocycles. The van der Waals surface area contributed by atoms with Gasteiger partial charge in [0.15, 0.2) is 0 Å². The Labute approximate surface area is 638 Å². The van der Waals surface area contributed by atoms with Crippen molar-refractivity contribution >= 4 is 32.4 Å². The molecule has 0 aliphatic heterocycles. The number of hydrogen-bond acceptors (Lipinski definition) is 1. The molecule has 0 unspecified atom stereocenters. The largest absolute Gasteiger partial charge is 0.256 e. The van der Waals surface area contributed by atoms with Gasteiger partial charge in [-0.2, -0.15) is 0 Å². The second-order valence-corrected chi connectivity index (χ2v) is 30.4. The third-order valence-electron chi connectivity index (χ3n) is 21.3. The molecule has 0 saturated heterocycles. The van der Waals surface area contributed by atoms with Crippen LogP contribution in [0.5, 0.6) is 0 Å². The molecule has 3 aliphatic carbocycles. The van der Waals surface area contributed by atoms with Gasteiger partial charge in [0.2, 0.25) is 0 Å². The minimum absolute atomic E-state index is 0.150. The molecule has 1 heteroatoms. The maximum atomic E-state index is 4.24. The highest BCUT2D eigenvalue weighted by atomic mass is 14.6. The second kappa shape index (κ2) is 33.6. The van der Waals surface area contributed by atoms with Crippen molar-refractivity contribution in [1.82, 2.24) is 4.98 Å². The molecule has 1 nitrogen and oxygen atoms in total. The molecule has 530 valence electrons. The Morgan fingerprint density at radius 1 is 0.206 bits per heavy atom. The van der Waals surface area contributed by atoms with E-state index in [9.17, 15) is 0 Å². The van der Waals surface area contributed by atoms with Gasteiger partial charge in [0.25, 0.3) is 0 Å². The van der Waals surface area contributed by atoms with Crippen molar-refractivity contribution in [3.63, 3.8) is 0 Å². The van der Waals surface area contributed by atoms with Gasteiger partial charge in [0.1, 0.15) is 0 Å². The fourth-order valence-corrected chi connectivity index (χ4v) is 15.5. The minimum Gasteiger partial charge on any atom is -0.256 e. The fraction of sp³-hybridized carbons (Fsp3) is 0.160. The average molecular weight is 1390 g/mol. The topological polar surface area (TPSA) is 12.9 Å². The number of aromatic nitrogens is 1. The lowest BCUT2D eigenvalue weighted by molar-refractivity contribution is 0.655. The van der Waals surface area contributed by atoms with Gasteiger partial charge in [-0.3, -0.25) is 4.98 Å². The number of benzene rings is 15. The minimum atomic E-state index is 0.150. The van der Waals surface area contributed by atoms with Gasteiger partial charge < -0.3 is 0 Å². The Balaban J connectivity index is 0.000000115. The van der Waals surface area contributed by atoms with Crippen molar-refractivity contribution in [3.8, 4) is 55.6 Å². The van der Waals surface area contributed by atoms with Crippen LogP contribution in [0.15, 0.2) is 358 Å². The summed E-state index contributed by atoms with van der Waals surface area (Å²) in [5.74, 6) is 0. The second-order valence-electron chi connectivity index (χ2n) is 30.4. The van der Waals surface area contributed by atoms with E-state index in [4.69, 9.17) is 0 Å². The first-order valence-electron chi connectivity index (χ1n) is 37.7. The van der Waals surface area contributed by atoms with Gasteiger partial charge in [0, 0.05) is 27.8 Å². The lowest BCUT2D eigenvalue weighted by Gasteiger charge is -2.23. The fourth-order valence-electron chi connectivity index (χ4n) is 15.5. The number of rotatable bonds is 2. The van der Waals surface area contributed by atoms with E-state index in [1.165, 1.54) is 160 Å². The first kappa shape index (κ1) is 74.9. The van der Waals surface area contributed by atoms with Crippen LogP contribution in [0.3, 0.4) is 0 Å². The molecule has 19 rings (SSSR count). The summed E-state index contributed by atoms with van der Waals surface area (Å²) < 4.78 is 0. The van der Waals surface area contributed by atoms with Crippen LogP contribution < -0.4 is 0 Å². The number of fused-ring (bicyclic) bond motifs is 12. The van der Waals surface area contributed by atoms with Crippen LogP contribution in [0.1, 0.15) is 119 Å². The van der Waals surface area contributed by atoms with Crippen LogP contribution >= 0.6 is 0 Å². The summed E-state index contributed by atoms with van der Waals surface area (Å²) in [5.41, 5.74) is 34.6. The van der Waals surface area contributed by atoms with Crippen molar-refractivity contribution in [3.05, 3.63) is 436 Å². The van der Waals surface area contributed by atoms with Gasteiger partial charge in [-0.15, -0.1) is 0 Å². The predicted octanol–water partition coefficient (Wildman–Crippen LogP) is 29.1. The normalized spacial score (nSPS) is 12.6. The zero-order valence-electron chi connectivity index (χ0n) is 65.0. The number of nitrogens with zero attached hydrogens (tertiary/aromatic N) is 1. The summed E-state index contributed by atoms with van der Waals surface area (Å²) in [6, 6.07) is 124. The number of hydrogen-bond donors (Lipinski definition) is 0. The molecule has 0 N–H and O–H groups in total. The van der Waals surface area contributed by atoms with Gasteiger partial charge in [-0.05, 0) is 195 Å². The van der Waals surface area contributed by atoms with Crippen LogP contribution in [0.2, 0.25) is 0 Å². The van der Waals surface area contributed by atoms with Crippen molar-refractivity contribution in [2.75, 3.05) is 0 Å². The average Bonchev–Trinajstić information content (AvgIpc) is 1.60. The molecule has 16 aromatic rings. The van der Waals surface area contributed by atoms with E-state index >= 15 is 0 Å². The monoisotopic (exact) mass is 1390 g/mol. The highest BCUT2D eigenvalue weighted by molar-refractivity contribution is 5.87. The molecular formula is C106H101N. The summed E-state index contributed by atoms with van der Waals surface area (Å²) in [6.07, 6.45) is 1.84. The SMILES string of the molecule is Cc1ccc(-c2ccccc2)cc1.Cc1ccc2c(c1)-c1ccccc1C2(C)C.Cc1ccc2c(c1)C(C)(C)c1ccccc1-2.Cc1ccc2ccccc2c1.Cc1cccc(-c2ccccc2)c1.Cc1cccc2c1C(C)(C)c1ccccc1-2.Cc1cccc2ccccc12.Cc1ccnc2ccccc12. The molecule has 0 saturated carbocycles. The maximum Gasteiger partial charge on any atom is 0.0704 e. The maximum absolute atomic E-state index is 4.24. The molecule has 0 atom stereocenters. The molecular weight excluding hydrogens is 1290 g/mol. The number of pyridine rings is 1. The van der Waals surface area contributed by atoms with E-state index in [1.807, 2.05) is 42.6 Å². The molecule has 0 spiro atoms. The van der Waals surface area contributed by atoms with Crippen molar-refractivity contribution < 1.29 is 0 Å². The smallest absolute Gasteiger partial charge is 0.0704 e.